The molecule has 1 fully saturated rings. The van der Waals surface area contributed by atoms with E-state index in [-0.39, 0.29) is 17.4 Å². The molecule has 0 atom stereocenters. The molecular weight excluding hydrogens is 492 g/mol. The highest BCUT2D eigenvalue weighted by Crippen LogP contribution is 2.39. The standard InChI is InChI=1S/C31H32N4O4/c1-19-16-25-26(17-24(19)31(38)39)34-30(37)27(25)28(21-6-4-3-5-7-21)33-23-10-8-22(9-11-23)29(36)32-18-20-12-14-35(2)15-13-20/h3-11,16-17,20,33H,12-15,18H2,1-2H3,(H,32,36)(H,34,37)(H,38,39). The second-order valence-electron chi connectivity index (χ2n) is 10.2. The number of likely N-dealkylation sites (tertiary alicyclic amines) is 1. The number of amides is 2. The minimum Gasteiger partial charge on any atom is -0.478 e. The van der Waals surface area contributed by atoms with Gasteiger partial charge in [-0.3, -0.25) is 9.59 Å². The molecule has 1 saturated heterocycles. The zero-order valence-electron chi connectivity index (χ0n) is 22.1. The first-order valence-electron chi connectivity index (χ1n) is 13.1. The number of hydrogen-bond donors (Lipinski definition) is 4. The highest BCUT2D eigenvalue weighted by atomic mass is 16.4. The first kappa shape index (κ1) is 26.2. The third kappa shape index (κ3) is 5.71. The van der Waals surface area contributed by atoms with E-state index in [4.69, 9.17) is 0 Å². The molecule has 2 amide bonds. The smallest absolute Gasteiger partial charge is 0.336 e. The largest absolute Gasteiger partial charge is 0.478 e. The van der Waals surface area contributed by atoms with Gasteiger partial charge >= 0.3 is 5.97 Å². The van der Waals surface area contributed by atoms with Crippen molar-refractivity contribution in [3.8, 4) is 0 Å². The van der Waals surface area contributed by atoms with Gasteiger partial charge in [-0.2, -0.15) is 0 Å². The lowest BCUT2D eigenvalue weighted by Crippen LogP contribution is -2.36. The zero-order chi connectivity index (χ0) is 27.5. The van der Waals surface area contributed by atoms with Crippen molar-refractivity contribution in [2.75, 3.05) is 37.3 Å². The van der Waals surface area contributed by atoms with Crippen molar-refractivity contribution in [1.82, 2.24) is 10.2 Å². The molecule has 0 aliphatic carbocycles. The van der Waals surface area contributed by atoms with Gasteiger partial charge in [0, 0.05) is 23.4 Å². The number of nitrogens with one attached hydrogen (secondary N) is 3. The number of piperidine rings is 1. The molecule has 0 saturated carbocycles. The number of anilines is 2. The third-order valence-corrected chi connectivity index (χ3v) is 7.46. The van der Waals surface area contributed by atoms with Crippen molar-refractivity contribution in [2.45, 2.75) is 19.8 Å². The SMILES string of the molecule is Cc1cc2c(cc1C(=O)O)NC(=O)C2=C(Nc1ccc(C(=O)NCC2CCN(C)CC2)cc1)c1ccccc1. The van der Waals surface area contributed by atoms with Gasteiger partial charge in [0.05, 0.1) is 22.5 Å². The molecule has 2 aliphatic rings. The number of carboxylic acids is 1. The van der Waals surface area contributed by atoms with E-state index in [0.29, 0.717) is 51.8 Å². The highest BCUT2D eigenvalue weighted by Gasteiger charge is 2.30. The number of carbonyl (C=O) groups is 3. The van der Waals surface area contributed by atoms with E-state index in [1.165, 1.54) is 6.07 Å². The average molecular weight is 525 g/mol. The number of aromatic carboxylic acids is 1. The predicted molar refractivity (Wildman–Crippen MR) is 153 cm³/mol. The second kappa shape index (κ2) is 11.1. The summed E-state index contributed by atoms with van der Waals surface area (Å²) in [4.78, 5) is 39.9. The summed E-state index contributed by atoms with van der Waals surface area (Å²) in [6.07, 6.45) is 2.18. The molecule has 3 aromatic carbocycles. The number of benzene rings is 3. The van der Waals surface area contributed by atoms with E-state index in [2.05, 4.69) is 27.9 Å². The summed E-state index contributed by atoms with van der Waals surface area (Å²) in [5.41, 5.74) is 4.92. The Labute approximate surface area is 227 Å². The lowest BCUT2D eigenvalue weighted by atomic mass is 9.96. The fourth-order valence-electron chi connectivity index (χ4n) is 5.14. The van der Waals surface area contributed by atoms with Crippen LogP contribution in [0.5, 0.6) is 0 Å². The van der Waals surface area contributed by atoms with Crippen LogP contribution in [0, 0.1) is 12.8 Å². The van der Waals surface area contributed by atoms with Crippen LogP contribution >= 0.6 is 0 Å². The number of hydrogen-bond acceptors (Lipinski definition) is 5. The summed E-state index contributed by atoms with van der Waals surface area (Å²) in [7, 11) is 2.12. The minimum absolute atomic E-state index is 0.101. The van der Waals surface area contributed by atoms with Crippen molar-refractivity contribution in [1.29, 1.82) is 0 Å². The zero-order valence-corrected chi connectivity index (χ0v) is 22.1. The van der Waals surface area contributed by atoms with Crippen molar-refractivity contribution >= 4 is 40.4 Å². The summed E-state index contributed by atoms with van der Waals surface area (Å²) < 4.78 is 0. The van der Waals surface area contributed by atoms with Gasteiger partial charge in [-0.1, -0.05) is 30.3 Å². The number of aryl methyl sites for hydroxylation is 1. The lowest BCUT2D eigenvalue weighted by molar-refractivity contribution is -0.110. The second-order valence-corrected chi connectivity index (χ2v) is 10.2. The van der Waals surface area contributed by atoms with Crippen LogP contribution in [-0.4, -0.2) is 54.5 Å². The fourth-order valence-corrected chi connectivity index (χ4v) is 5.14. The van der Waals surface area contributed by atoms with Crippen LogP contribution in [0.1, 0.15) is 50.2 Å². The van der Waals surface area contributed by atoms with Crippen LogP contribution in [-0.2, 0) is 4.79 Å². The van der Waals surface area contributed by atoms with Crippen LogP contribution in [0.4, 0.5) is 11.4 Å². The first-order valence-corrected chi connectivity index (χ1v) is 13.1. The van der Waals surface area contributed by atoms with Gasteiger partial charge in [0.15, 0.2) is 0 Å². The summed E-state index contributed by atoms with van der Waals surface area (Å²) in [6.45, 7) is 4.51. The minimum atomic E-state index is -1.04. The Kier molecular flexibility index (Phi) is 7.47. The van der Waals surface area contributed by atoms with Crippen LogP contribution < -0.4 is 16.0 Å². The molecule has 4 N–H and O–H groups in total. The molecule has 0 aromatic heterocycles. The maximum Gasteiger partial charge on any atom is 0.336 e. The Morgan fingerprint density at radius 2 is 1.69 bits per heavy atom. The average Bonchev–Trinajstić information content (AvgIpc) is 3.25. The van der Waals surface area contributed by atoms with E-state index in [1.54, 1.807) is 25.1 Å². The van der Waals surface area contributed by atoms with Crippen LogP contribution in [0.2, 0.25) is 0 Å². The van der Waals surface area contributed by atoms with Gasteiger partial charge in [-0.05, 0) is 93.3 Å². The Balaban J connectivity index is 1.40. The summed E-state index contributed by atoms with van der Waals surface area (Å²) >= 11 is 0. The topological polar surface area (TPSA) is 111 Å². The van der Waals surface area contributed by atoms with Gasteiger partial charge in [-0.25, -0.2) is 4.79 Å². The van der Waals surface area contributed by atoms with Crippen molar-refractivity contribution in [3.05, 3.63) is 94.5 Å². The quantitative estimate of drug-likeness (QED) is 0.334. The molecule has 200 valence electrons. The number of carbonyl (C=O) groups excluding carboxylic acids is 2. The van der Waals surface area contributed by atoms with E-state index in [9.17, 15) is 19.5 Å². The van der Waals surface area contributed by atoms with E-state index in [1.807, 2.05) is 42.5 Å². The molecule has 3 aromatic rings. The summed E-state index contributed by atoms with van der Waals surface area (Å²) in [5.74, 6) is -0.959. The lowest BCUT2D eigenvalue weighted by Gasteiger charge is -2.28. The molecule has 0 bridgehead atoms. The van der Waals surface area contributed by atoms with E-state index in [0.717, 1.165) is 31.5 Å². The van der Waals surface area contributed by atoms with E-state index >= 15 is 0 Å². The van der Waals surface area contributed by atoms with Gasteiger partial charge in [0.25, 0.3) is 11.8 Å². The molecular formula is C31H32N4O4. The molecule has 2 aliphatic heterocycles. The van der Waals surface area contributed by atoms with Crippen LogP contribution in [0.15, 0.2) is 66.7 Å². The van der Waals surface area contributed by atoms with Gasteiger partial charge < -0.3 is 26.0 Å². The number of carboxylic acid groups (broad SMARTS) is 1. The number of rotatable bonds is 7. The number of fused-ring (bicyclic) bond motifs is 1. The maximum absolute atomic E-state index is 13.2. The first-order chi connectivity index (χ1) is 18.8. The summed E-state index contributed by atoms with van der Waals surface area (Å²) in [6, 6.07) is 19.9. The molecule has 39 heavy (non-hydrogen) atoms. The predicted octanol–water partition coefficient (Wildman–Crippen LogP) is 4.70. The van der Waals surface area contributed by atoms with E-state index < -0.39 is 5.97 Å². The monoisotopic (exact) mass is 524 g/mol. The Hall–Kier alpha value is -4.43. The number of nitrogens with zero attached hydrogens (tertiary/aromatic N) is 1. The normalized spacial score (nSPS) is 16.8. The fraction of sp³-hybridized carbons (Fsp3) is 0.258. The Morgan fingerprint density at radius 1 is 1.00 bits per heavy atom. The van der Waals surface area contributed by atoms with Crippen molar-refractivity contribution in [3.63, 3.8) is 0 Å². The van der Waals surface area contributed by atoms with Crippen molar-refractivity contribution < 1.29 is 19.5 Å². The maximum atomic E-state index is 13.2. The highest BCUT2D eigenvalue weighted by molar-refractivity contribution is 6.37. The molecule has 0 radical (unpaired) electrons. The summed E-state index contributed by atoms with van der Waals surface area (Å²) in [5, 5.41) is 18.8. The molecule has 0 unspecified atom stereocenters. The molecule has 0 spiro atoms. The van der Waals surface area contributed by atoms with Crippen molar-refractivity contribution in [2.24, 2.45) is 5.92 Å². The van der Waals surface area contributed by atoms with Crippen LogP contribution in [0.25, 0.3) is 11.3 Å². The molecule has 2 heterocycles. The Morgan fingerprint density at radius 3 is 2.36 bits per heavy atom. The van der Waals surface area contributed by atoms with Gasteiger partial charge in [-0.15, -0.1) is 0 Å². The Bertz CT molecular complexity index is 1440. The molecule has 8 heteroatoms. The molecule has 8 nitrogen and oxygen atoms in total. The van der Waals surface area contributed by atoms with Gasteiger partial charge in [0.1, 0.15) is 0 Å². The van der Waals surface area contributed by atoms with Crippen LogP contribution in [0.3, 0.4) is 0 Å². The third-order valence-electron chi connectivity index (χ3n) is 7.46. The van der Waals surface area contributed by atoms with Gasteiger partial charge in [0.2, 0.25) is 0 Å². The molecule has 5 rings (SSSR count).